The second kappa shape index (κ2) is 4.97. The third-order valence-corrected chi connectivity index (χ3v) is 2.72. The maximum absolute atomic E-state index is 10.5. The third kappa shape index (κ3) is 3.19. The molecule has 0 spiro atoms. The van der Waals surface area contributed by atoms with Crippen LogP contribution in [0.15, 0.2) is 10.6 Å². The minimum absolute atomic E-state index is 0. The van der Waals surface area contributed by atoms with Crippen LogP contribution in [0.3, 0.4) is 0 Å². The molecule has 0 bridgehead atoms. The number of carboxylic acids is 1. The summed E-state index contributed by atoms with van der Waals surface area (Å²) in [4.78, 5) is 10.5. The topological polar surface area (TPSA) is 40.1 Å². The molecule has 0 amide bonds. The number of carbonyl (C=O) groups is 1. The fourth-order valence-electron chi connectivity index (χ4n) is 1.57. The monoisotopic (exact) mass is 246 g/mol. The van der Waals surface area contributed by atoms with Gasteiger partial charge in [-0.05, 0) is 17.4 Å². The van der Waals surface area contributed by atoms with E-state index in [9.17, 15) is 9.90 Å². The number of allylic oxidation sites excluding steroid dienone is 1. The van der Waals surface area contributed by atoms with Crippen LogP contribution < -0.4 is 56.5 Å². The van der Waals surface area contributed by atoms with E-state index in [4.69, 9.17) is 23.2 Å². The summed E-state index contributed by atoms with van der Waals surface area (Å²) < 4.78 is 0.122. The number of aliphatic carboxylic acids is 1. The van der Waals surface area contributed by atoms with Crippen LogP contribution in [0.1, 0.15) is 13.8 Å². The molecule has 0 unspecified atom stereocenters. The summed E-state index contributed by atoms with van der Waals surface area (Å²) in [5.41, 5.74) is -0.270. The molecule has 0 aromatic heterocycles. The third-order valence-electron chi connectivity index (χ3n) is 2.47. The van der Waals surface area contributed by atoms with Gasteiger partial charge >= 0.3 is 51.4 Å². The van der Waals surface area contributed by atoms with Crippen molar-refractivity contribution in [2.75, 3.05) is 0 Å². The molecule has 13 heavy (non-hydrogen) atoms. The Morgan fingerprint density at radius 1 is 1.46 bits per heavy atom. The minimum atomic E-state index is -1.03. The van der Waals surface area contributed by atoms with Crippen LogP contribution >= 0.6 is 23.2 Å². The van der Waals surface area contributed by atoms with Crippen molar-refractivity contribution >= 4 is 29.2 Å². The summed E-state index contributed by atoms with van der Waals surface area (Å²) in [6, 6.07) is 0. The quantitative estimate of drug-likeness (QED) is 0.547. The van der Waals surface area contributed by atoms with Crippen LogP contribution in [-0.4, -0.2) is 5.97 Å². The molecule has 0 aromatic rings. The van der Waals surface area contributed by atoms with E-state index in [0.717, 1.165) is 0 Å². The summed E-state index contributed by atoms with van der Waals surface area (Å²) in [6.45, 7) is 3.71. The van der Waals surface area contributed by atoms with E-state index in [1.54, 1.807) is 6.08 Å². The summed E-state index contributed by atoms with van der Waals surface area (Å²) in [7, 11) is 0. The van der Waals surface area contributed by atoms with Crippen LogP contribution in [0.4, 0.5) is 0 Å². The molecule has 1 aliphatic carbocycles. The zero-order chi connectivity index (χ0) is 9.52. The van der Waals surface area contributed by atoms with Gasteiger partial charge in [-0.3, -0.25) is 0 Å². The molecule has 0 aliphatic heterocycles. The Balaban J connectivity index is 0.00000144. The molecule has 0 saturated heterocycles. The zero-order valence-electron chi connectivity index (χ0n) is 7.80. The SMILES string of the molecule is CC1(C)[C@@H](C=C(Cl)Cl)[C@@H]1C(=O)[O-].[K+]. The van der Waals surface area contributed by atoms with Gasteiger partial charge in [-0.25, -0.2) is 0 Å². The molecular weight excluding hydrogens is 238 g/mol. The fraction of sp³-hybridized carbons (Fsp3) is 0.625. The first kappa shape index (κ1) is 14.4. The Bertz CT molecular complexity index is 247. The fourth-order valence-corrected chi connectivity index (χ4v) is 1.85. The van der Waals surface area contributed by atoms with Crippen molar-refractivity contribution in [3.63, 3.8) is 0 Å². The predicted octanol–water partition coefficient (Wildman–Crippen LogP) is -1.67. The first-order valence-electron chi connectivity index (χ1n) is 3.61. The van der Waals surface area contributed by atoms with Gasteiger partial charge in [-0.15, -0.1) is 0 Å². The maximum Gasteiger partial charge on any atom is 1.00 e. The average Bonchev–Trinajstić information content (AvgIpc) is 2.32. The molecule has 1 rings (SSSR count). The van der Waals surface area contributed by atoms with Crippen LogP contribution in [0.2, 0.25) is 0 Å². The molecule has 0 aromatic carbocycles. The molecule has 2 nitrogen and oxygen atoms in total. The summed E-state index contributed by atoms with van der Waals surface area (Å²) in [5.74, 6) is -1.58. The van der Waals surface area contributed by atoms with E-state index >= 15 is 0 Å². The second-order valence-corrected chi connectivity index (χ2v) is 4.61. The van der Waals surface area contributed by atoms with Gasteiger partial charge in [-0.1, -0.05) is 37.0 Å². The molecule has 5 heteroatoms. The Morgan fingerprint density at radius 2 is 1.92 bits per heavy atom. The minimum Gasteiger partial charge on any atom is -0.550 e. The van der Waals surface area contributed by atoms with E-state index in [-0.39, 0.29) is 67.2 Å². The van der Waals surface area contributed by atoms with Crippen molar-refractivity contribution in [1.29, 1.82) is 0 Å². The molecule has 1 fully saturated rings. The molecule has 0 heterocycles. The average molecular weight is 247 g/mol. The smallest absolute Gasteiger partial charge is 0.550 e. The van der Waals surface area contributed by atoms with Crippen LogP contribution in [0, 0.1) is 17.3 Å². The van der Waals surface area contributed by atoms with Gasteiger partial charge in [-0.2, -0.15) is 0 Å². The van der Waals surface area contributed by atoms with Crippen LogP contribution in [0.5, 0.6) is 0 Å². The molecular formula is C8H9Cl2KO2. The number of carboxylic acid groups (broad SMARTS) is 1. The van der Waals surface area contributed by atoms with Crippen molar-refractivity contribution in [3.05, 3.63) is 10.6 Å². The van der Waals surface area contributed by atoms with Gasteiger partial charge in [0.15, 0.2) is 0 Å². The standard InChI is InChI=1S/C8H10Cl2O2.K/c1-8(2)4(3-5(9)10)6(8)7(11)12;/h3-4,6H,1-2H3,(H,11,12);/q;+1/p-1/t4-,6+;/m0./s1. The molecule has 68 valence electrons. The van der Waals surface area contributed by atoms with Crippen molar-refractivity contribution < 1.29 is 61.3 Å². The normalized spacial score (nSPS) is 28.6. The zero-order valence-corrected chi connectivity index (χ0v) is 12.4. The first-order chi connectivity index (χ1) is 5.37. The molecule has 1 saturated carbocycles. The van der Waals surface area contributed by atoms with Crippen LogP contribution in [-0.2, 0) is 4.79 Å². The van der Waals surface area contributed by atoms with Gasteiger partial charge in [0.2, 0.25) is 0 Å². The van der Waals surface area contributed by atoms with E-state index in [0.29, 0.717) is 0 Å². The van der Waals surface area contributed by atoms with E-state index in [1.165, 1.54) is 0 Å². The molecule has 0 N–H and O–H groups in total. The van der Waals surface area contributed by atoms with E-state index in [2.05, 4.69) is 0 Å². The first-order valence-corrected chi connectivity index (χ1v) is 4.36. The number of halogens is 2. The van der Waals surface area contributed by atoms with Crippen molar-refractivity contribution in [1.82, 2.24) is 0 Å². The van der Waals surface area contributed by atoms with Gasteiger partial charge < -0.3 is 9.90 Å². The van der Waals surface area contributed by atoms with Gasteiger partial charge in [0.25, 0.3) is 0 Å². The predicted molar refractivity (Wildman–Crippen MR) is 45.6 cm³/mol. The molecule has 0 radical (unpaired) electrons. The van der Waals surface area contributed by atoms with Crippen molar-refractivity contribution in [2.24, 2.45) is 17.3 Å². The Morgan fingerprint density at radius 3 is 2.15 bits per heavy atom. The second-order valence-electron chi connectivity index (χ2n) is 3.60. The Hall–Kier alpha value is 1.43. The van der Waals surface area contributed by atoms with Crippen molar-refractivity contribution in [2.45, 2.75) is 13.8 Å². The largest absolute Gasteiger partial charge is 1.00 e. The molecule has 1 aliphatic rings. The Kier molecular flexibility index (Phi) is 5.51. The Labute approximate surface area is 130 Å². The van der Waals surface area contributed by atoms with Gasteiger partial charge in [0.1, 0.15) is 4.49 Å². The van der Waals surface area contributed by atoms with E-state index in [1.807, 2.05) is 13.8 Å². The number of hydrogen-bond acceptors (Lipinski definition) is 2. The van der Waals surface area contributed by atoms with E-state index < -0.39 is 11.9 Å². The summed E-state index contributed by atoms with van der Waals surface area (Å²) in [6.07, 6.45) is 1.56. The maximum atomic E-state index is 10.5. The van der Waals surface area contributed by atoms with Crippen LogP contribution in [0.25, 0.3) is 0 Å². The van der Waals surface area contributed by atoms with Crippen molar-refractivity contribution in [3.8, 4) is 0 Å². The number of carbonyl (C=O) groups excluding carboxylic acids is 1. The molecule has 2 atom stereocenters. The van der Waals surface area contributed by atoms with Gasteiger partial charge in [0, 0.05) is 11.9 Å². The number of hydrogen-bond donors (Lipinski definition) is 0. The summed E-state index contributed by atoms with van der Waals surface area (Å²) in [5, 5.41) is 10.5. The van der Waals surface area contributed by atoms with Gasteiger partial charge in [0.05, 0.1) is 0 Å². The number of rotatable bonds is 2. The summed E-state index contributed by atoms with van der Waals surface area (Å²) >= 11 is 10.8.